The Hall–Kier alpha value is -2.17. The van der Waals surface area contributed by atoms with Gasteiger partial charge >= 0.3 is 0 Å². The number of amides is 1. The summed E-state index contributed by atoms with van der Waals surface area (Å²) in [4.78, 5) is 11.8. The number of nitrogens with zero attached hydrogens (tertiary/aromatic N) is 2. The van der Waals surface area contributed by atoms with Crippen molar-refractivity contribution in [3.8, 4) is 11.5 Å². The van der Waals surface area contributed by atoms with Gasteiger partial charge < -0.3 is 9.73 Å². The third kappa shape index (κ3) is 3.91. The fourth-order valence-electron chi connectivity index (χ4n) is 1.80. The summed E-state index contributed by atoms with van der Waals surface area (Å²) < 4.78 is 5.35. The number of benzene rings is 1. The maximum atomic E-state index is 11.8. The molecule has 1 heterocycles. The Labute approximate surface area is 118 Å². The molecule has 0 atom stereocenters. The molecule has 0 unspecified atom stereocenters. The summed E-state index contributed by atoms with van der Waals surface area (Å²) >= 11 is 0. The van der Waals surface area contributed by atoms with Crippen molar-refractivity contribution in [2.45, 2.75) is 34.1 Å². The molecule has 0 spiro atoms. The zero-order valence-corrected chi connectivity index (χ0v) is 12.2. The predicted molar refractivity (Wildman–Crippen MR) is 77.2 cm³/mol. The molecule has 5 nitrogen and oxygen atoms in total. The van der Waals surface area contributed by atoms with E-state index in [9.17, 15) is 4.79 Å². The molecule has 0 aliphatic rings. The lowest BCUT2D eigenvalue weighted by atomic mass is 9.92. The molecule has 0 bridgehead atoms. The summed E-state index contributed by atoms with van der Waals surface area (Å²) in [5.74, 6) is 1.02. The molecule has 2 rings (SSSR count). The van der Waals surface area contributed by atoms with Crippen LogP contribution in [0.5, 0.6) is 0 Å². The molecular weight excluding hydrogens is 254 g/mol. The van der Waals surface area contributed by atoms with Crippen LogP contribution in [-0.2, 0) is 4.79 Å². The molecule has 0 saturated carbocycles. The number of carbonyl (C=O) groups excluding carboxylic acids is 1. The van der Waals surface area contributed by atoms with E-state index in [-0.39, 0.29) is 11.3 Å². The summed E-state index contributed by atoms with van der Waals surface area (Å²) in [5.41, 5.74) is 1.57. The lowest BCUT2D eigenvalue weighted by Crippen LogP contribution is -2.19. The maximum absolute atomic E-state index is 11.8. The van der Waals surface area contributed by atoms with Gasteiger partial charge in [0.15, 0.2) is 0 Å². The van der Waals surface area contributed by atoms with Gasteiger partial charge in [-0.2, -0.15) is 0 Å². The van der Waals surface area contributed by atoms with Crippen LogP contribution in [0.25, 0.3) is 11.5 Å². The molecule has 2 aromatic rings. The first-order valence-electron chi connectivity index (χ1n) is 6.54. The largest absolute Gasteiger partial charge is 0.421 e. The lowest BCUT2D eigenvalue weighted by Gasteiger charge is -2.17. The Bertz CT molecular complexity index is 594. The fourth-order valence-corrected chi connectivity index (χ4v) is 1.80. The highest BCUT2D eigenvalue weighted by molar-refractivity contribution is 5.91. The molecule has 0 saturated heterocycles. The second-order valence-corrected chi connectivity index (χ2v) is 5.99. The Morgan fingerprint density at radius 3 is 2.35 bits per heavy atom. The molecule has 1 N–H and O–H groups in total. The van der Waals surface area contributed by atoms with Crippen molar-refractivity contribution < 1.29 is 9.21 Å². The van der Waals surface area contributed by atoms with Crippen molar-refractivity contribution in [3.63, 3.8) is 0 Å². The molecule has 0 fully saturated rings. The number of hydrogen-bond donors (Lipinski definition) is 1. The lowest BCUT2D eigenvalue weighted by molar-refractivity contribution is -0.117. The quantitative estimate of drug-likeness (QED) is 0.930. The Morgan fingerprint density at radius 2 is 1.85 bits per heavy atom. The van der Waals surface area contributed by atoms with Crippen molar-refractivity contribution in [1.29, 1.82) is 0 Å². The number of carbonyl (C=O) groups is 1. The Morgan fingerprint density at radius 1 is 1.20 bits per heavy atom. The second kappa shape index (κ2) is 5.45. The third-order valence-electron chi connectivity index (χ3n) is 2.63. The predicted octanol–water partition coefficient (Wildman–Crippen LogP) is 3.42. The van der Waals surface area contributed by atoms with E-state index in [2.05, 4.69) is 15.5 Å². The minimum Gasteiger partial charge on any atom is -0.421 e. The first-order chi connectivity index (χ1) is 9.33. The molecule has 1 amide bonds. The SMILES string of the molecule is Cc1nnc(-c2ccc(NC(=O)CC(C)(C)C)cc2)o1. The molecule has 0 radical (unpaired) electrons. The van der Waals surface area contributed by atoms with Crippen molar-refractivity contribution in [2.75, 3.05) is 5.32 Å². The van der Waals surface area contributed by atoms with Crippen molar-refractivity contribution in [2.24, 2.45) is 5.41 Å². The van der Waals surface area contributed by atoms with Gasteiger partial charge in [-0.1, -0.05) is 20.8 Å². The van der Waals surface area contributed by atoms with Crippen LogP contribution in [0.3, 0.4) is 0 Å². The van der Waals surface area contributed by atoms with Crippen LogP contribution in [0.2, 0.25) is 0 Å². The Kier molecular flexibility index (Phi) is 3.88. The molecule has 1 aromatic heterocycles. The van der Waals surface area contributed by atoms with Crippen LogP contribution in [0.4, 0.5) is 5.69 Å². The summed E-state index contributed by atoms with van der Waals surface area (Å²) in [7, 11) is 0. The van der Waals surface area contributed by atoms with Gasteiger partial charge in [-0.25, -0.2) is 0 Å². The molecule has 20 heavy (non-hydrogen) atoms. The minimum absolute atomic E-state index is 0.0129. The number of aromatic nitrogens is 2. The van der Waals surface area contributed by atoms with Crippen LogP contribution in [-0.4, -0.2) is 16.1 Å². The second-order valence-electron chi connectivity index (χ2n) is 5.99. The monoisotopic (exact) mass is 273 g/mol. The molecule has 0 aliphatic carbocycles. The van der Waals surface area contributed by atoms with Gasteiger partial charge in [0.2, 0.25) is 17.7 Å². The van der Waals surface area contributed by atoms with Gasteiger partial charge in [0.25, 0.3) is 0 Å². The molecule has 0 aliphatic heterocycles. The van der Waals surface area contributed by atoms with E-state index in [1.165, 1.54) is 0 Å². The van der Waals surface area contributed by atoms with Crippen LogP contribution < -0.4 is 5.32 Å². The molecular formula is C15H19N3O2. The Balaban J connectivity index is 2.03. The standard InChI is InChI=1S/C15H19N3O2/c1-10-17-18-14(20-10)11-5-7-12(8-6-11)16-13(19)9-15(2,3)4/h5-8H,9H2,1-4H3,(H,16,19). The highest BCUT2D eigenvalue weighted by Crippen LogP contribution is 2.22. The number of hydrogen-bond acceptors (Lipinski definition) is 4. The van der Waals surface area contributed by atoms with Crippen LogP contribution in [0, 0.1) is 12.3 Å². The smallest absolute Gasteiger partial charge is 0.247 e. The van der Waals surface area contributed by atoms with Gasteiger partial charge in [-0.05, 0) is 29.7 Å². The van der Waals surface area contributed by atoms with Crippen LogP contribution in [0.1, 0.15) is 33.1 Å². The summed E-state index contributed by atoms with van der Waals surface area (Å²) in [6.45, 7) is 7.85. The number of rotatable bonds is 3. The van der Waals surface area contributed by atoms with Gasteiger partial charge in [-0.15, -0.1) is 10.2 Å². The molecule has 1 aromatic carbocycles. The van der Waals surface area contributed by atoms with E-state index in [4.69, 9.17) is 4.42 Å². The minimum atomic E-state index is -0.0225. The molecule has 106 valence electrons. The summed E-state index contributed by atoms with van der Waals surface area (Å²) in [5, 5.41) is 10.6. The van der Waals surface area contributed by atoms with Gasteiger partial charge in [0.1, 0.15) is 0 Å². The zero-order valence-electron chi connectivity index (χ0n) is 12.2. The topological polar surface area (TPSA) is 68.0 Å². The fraction of sp³-hybridized carbons (Fsp3) is 0.400. The van der Waals surface area contributed by atoms with E-state index in [0.717, 1.165) is 11.3 Å². The van der Waals surface area contributed by atoms with E-state index in [1.54, 1.807) is 6.92 Å². The first kappa shape index (κ1) is 14.2. The normalized spacial score (nSPS) is 11.4. The highest BCUT2D eigenvalue weighted by Gasteiger charge is 2.16. The van der Waals surface area contributed by atoms with Crippen LogP contribution in [0.15, 0.2) is 28.7 Å². The maximum Gasteiger partial charge on any atom is 0.247 e. The molecule has 5 heteroatoms. The first-order valence-corrected chi connectivity index (χ1v) is 6.54. The van der Waals surface area contributed by atoms with E-state index < -0.39 is 0 Å². The van der Waals surface area contributed by atoms with Gasteiger partial charge in [0.05, 0.1) is 0 Å². The average Bonchev–Trinajstić information content (AvgIpc) is 2.74. The highest BCUT2D eigenvalue weighted by atomic mass is 16.4. The third-order valence-corrected chi connectivity index (χ3v) is 2.63. The number of anilines is 1. The van der Waals surface area contributed by atoms with Crippen molar-refractivity contribution in [1.82, 2.24) is 10.2 Å². The number of aryl methyl sites for hydroxylation is 1. The van der Waals surface area contributed by atoms with E-state index >= 15 is 0 Å². The summed E-state index contributed by atoms with van der Waals surface area (Å²) in [6.07, 6.45) is 0.484. The van der Waals surface area contributed by atoms with E-state index in [1.807, 2.05) is 45.0 Å². The van der Waals surface area contributed by atoms with Gasteiger partial charge in [-0.3, -0.25) is 4.79 Å². The number of nitrogens with one attached hydrogen (secondary N) is 1. The van der Waals surface area contributed by atoms with Crippen LogP contribution >= 0.6 is 0 Å². The summed E-state index contributed by atoms with van der Waals surface area (Å²) in [6, 6.07) is 7.35. The van der Waals surface area contributed by atoms with E-state index in [0.29, 0.717) is 18.2 Å². The zero-order chi connectivity index (χ0) is 14.8. The average molecular weight is 273 g/mol. The van der Waals surface area contributed by atoms with Gasteiger partial charge in [0, 0.05) is 24.6 Å². The van der Waals surface area contributed by atoms with Crippen molar-refractivity contribution >= 4 is 11.6 Å². The van der Waals surface area contributed by atoms with Crippen molar-refractivity contribution in [3.05, 3.63) is 30.2 Å².